The zero-order valence-corrected chi connectivity index (χ0v) is 52.8. The minimum Gasteiger partial charge on any atom is -0.124 e. The van der Waals surface area contributed by atoms with E-state index in [-0.39, 0.29) is 21.7 Å². The van der Waals surface area contributed by atoms with Gasteiger partial charge in [0, 0.05) is 80.1 Å². The van der Waals surface area contributed by atoms with Gasteiger partial charge in [0.25, 0.3) is 0 Å². The molecule has 1 aliphatic heterocycles. The van der Waals surface area contributed by atoms with Gasteiger partial charge in [-0.15, -0.1) is 47.0 Å². The van der Waals surface area contributed by atoms with Gasteiger partial charge in [0.05, 0.1) is 0 Å². The average Bonchev–Trinajstić information content (AvgIpc) is 3.19. The zero-order valence-electron chi connectivity index (χ0n) is 39.9. The van der Waals surface area contributed by atoms with E-state index in [4.69, 9.17) is 0 Å². The molecule has 0 aliphatic carbocycles. The first-order valence-corrected chi connectivity index (χ1v) is 34.0. The third-order valence-electron chi connectivity index (χ3n) is 10.5. The van der Waals surface area contributed by atoms with Crippen LogP contribution in [0.3, 0.4) is 0 Å². The van der Waals surface area contributed by atoms with Gasteiger partial charge in [0.1, 0.15) is 0 Å². The van der Waals surface area contributed by atoms with Crippen molar-refractivity contribution in [2.24, 2.45) is 0 Å². The molecule has 12 heteroatoms. The van der Waals surface area contributed by atoms with Crippen molar-refractivity contribution in [2.45, 2.75) is 189 Å². The summed E-state index contributed by atoms with van der Waals surface area (Å²) in [4.78, 5) is 16.7. The fraction of sp³-hybridized carbons (Fsp3) is 0.538. The summed E-state index contributed by atoms with van der Waals surface area (Å²) < 4.78 is 0. The molecular formula is C52H68Br4S8. The Hall–Kier alpha value is 1.60. The van der Waals surface area contributed by atoms with E-state index in [1.54, 1.807) is 0 Å². The van der Waals surface area contributed by atoms with Crippen LogP contribution < -0.4 is 0 Å². The molecule has 0 amide bonds. The van der Waals surface area contributed by atoms with Crippen LogP contribution in [0.25, 0.3) is 0 Å². The molecule has 352 valence electrons. The first kappa shape index (κ1) is 56.5. The highest BCUT2D eigenvalue weighted by molar-refractivity contribution is 9.09. The summed E-state index contributed by atoms with van der Waals surface area (Å²) in [5.41, 5.74) is 5.47. The molecule has 0 saturated carbocycles. The predicted molar refractivity (Wildman–Crippen MR) is 314 cm³/mol. The highest BCUT2D eigenvalue weighted by Crippen LogP contribution is 2.56. The number of alkyl halides is 4. The van der Waals surface area contributed by atoms with Gasteiger partial charge in [-0.1, -0.05) is 194 Å². The Morgan fingerprint density at radius 2 is 0.469 bits per heavy atom. The zero-order chi connectivity index (χ0) is 47.0. The van der Waals surface area contributed by atoms with Gasteiger partial charge in [0.2, 0.25) is 0 Å². The second kappa shape index (κ2) is 25.3. The normalized spacial score (nSPS) is 13.8. The van der Waals surface area contributed by atoms with Crippen molar-refractivity contribution in [3.63, 3.8) is 0 Å². The maximum atomic E-state index is 3.78. The van der Waals surface area contributed by atoms with E-state index in [1.165, 1.54) is 81.0 Å². The molecule has 8 bridgehead atoms. The van der Waals surface area contributed by atoms with E-state index >= 15 is 0 Å². The lowest BCUT2D eigenvalue weighted by Crippen LogP contribution is -2.13. The fourth-order valence-corrected chi connectivity index (χ4v) is 19.5. The predicted octanol–water partition coefficient (Wildman–Crippen LogP) is 21.3. The second-order valence-corrected chi connectivity index (χ2v) is 32.1. The Balaban J connectivity index is 2.01. The van der Waals surface area contributed by atoms with E-state index in [1.807, 2.05) is 47.0 Å². The largest absolute Gasteiger partial charge is 0.124 e. The summed E-state index contributed by atoms with van der Waals surface area (Å²) in [5.74, 6) is 4.25. The summed E-state index contributed by atoms with van der Waals surface area (Å²) in [7, 11) is 0. The Morgan fingerprint density at radius 3 is 0.594 bits per heavy atom. The Bertz CT molecular complexity index is 1790. The second-order valence-electron chi connectivity index (χ2n) is 20.2. The molecule has 0 aromatic heterocycles. The van der Waals surface area contributed by atoms with Gasteiger partial charge < -0.3 is 0 Å². The molecule has 0 atom stereocenters. The SMILES string of the molecule is CC(C)(C)c1cc2c(SCCCBr)c(c1)Sc1cc(C(C)(C)C)cc(c1SCCCBr)Sc1cc(C(C)(C)C)cc(c1SCCCBr)Sc1cc(C(C)(C)C)cc(c1SCCCBr)S2. The van der Waals surface area contributed by atoms with Crippen LogP contribution in [0, 0.1) is 0 Å². The lowest BCUT2D eigenvalue weighted by atomic mass is 9.87. The Kier molecular flexibility index (Phi) is 22.4. The molecule has 1 aliphatic rings. The average molecular weight is 1270 g/mol. The third-order valence-corrected chi connectivity index (χ3v) is 23.0. The smallest absolute Gasteiger partial charge is 0.0352 e. The van der Waals surface area contributed by atoms with Crippen LogP contribution in [0.15, 0.2) is 107 Å². The van der Waals surface area contributed by atoms with Gasteiger partial charge in [0.15, 0.2) is 0 Å². The number of hydrogen-bond donors (Lipinski definition) is 0. The molecule has 0 spiro atoms. The molecule has 1 heterocycles. The number of hydrogen-bond acceptors (Lipinski definition) is 8. The van der Waals surface area contributed by atoms with Crippen LogP contribution in [-0.2, 0) is 21.7 Å². The maximum Gasteiger partial charge on any atom is 0.0352 e. The minimum atomic E-state index is -0.0235. The number of benzene rings is 4. The van der Waals surface area contributed by atoms with Gasteiger partial charge in [-0.05, 0) is 141 Å². The number of thioether (sulfide) groups is 4. The number of fused-ring (bicyclic) bond motifs is 8. The van der Waals surface area contributed by atoms with E-state index in [2.05, 4.69) is 242 Å². The van der Waals surface area contributed by atoms with E-state index in [0.29, 0.717) is 0 Å². The van der Waals surface area contributed by atoms with Crippen molar-refractivity contribution in [3.05, 3.63) is 70.8 Å². The first-order chi connectivity index (χ1) is 30.1. The van der Waals surface area contributed by atoms with Crippen molar-refractivity contribution in [1.82, 2.24) is 0 Å². The topological polar surface area (TPSA) is 0 Å². The van der Waals surface area contributed by atoms with Crippen LogP contribution in [0.2, 0.25) is 0 Å². The van der Waals surface area contributed by atoms with Crippen molar-refractivity contribution >= 4 is 158 Å². The van der Waals surface area contributed by atoms with E-state index in [9.17, 15) is 0 Å². The molecule has 4 aromatic rings. The highest BCUT2D eigenvalue weighted by atomic mass is 79.9. The molecule has 0 unspecified atom stereocenters. The molecule has 4 aromatic carbocycles. The van der Waals surface area contributed by atoms with Crippen molar-refractivity contribution in [2.75, 3.05) is 44.3 Å². The van der Waals surface area contributed by atoms with Crippen LogP contribution in [0.5, 0.6) is 0 Å². The van der Waals surface area contributed by atoms with Crippen molar-refractivity contribution < 1.29 is 0 Å². The van der Waals surface area contributed by atoms with E-state index < -0.39 is 0 Å². The molecule has 5 rings (SSSR count). The lowest BCUT2D eigenvalue weighted by Gasteiger charge is -2.28. The Labute approximate surface area is 456 Å². The maximum absolute atomic E-state index is 3.78. The monoisotopic (exact) mass is 1260 g/mol. The van der Waals surface area contributed by atoms with Gasteiger partial charge in [-0.2, -0.15) is 0 Å². The van der Waals surface area contributed by atoms with Gasteiger partial charge in [-0.3, -0.25) is 0 Å². The molecule has 0 radical (unpaired) electrons. The summed E-state index contributed by atoms with van der Waals surface area (Å²) in [6.45, 7) is 28.6. The molecule has 0 fully saturated rings. The van der Waals surface area contributed by atoms with Crippen LogP contribution in [0.4, 0.5) is 0 Å². The molecular weight excluding hydrogens is 1200 g/mol. The summed E-state index contributed by atoms with van der Waals surface area (Å²) in [5, 5.41) is 4.01. The molecule has 0 saturated heterocycles. The summed E-state index contributed by atoms with van der Waals surface area (Å²) >= 11 is 31.4. The molecule has 0 N–H and O–H groups in total. The first-order valence-electron chi connectivity index (χ1n) is 22.3. The lowest BCUT2D eigenvalue weighted by molar-refractivity contribution is 0.584. The minimum absolute atomic E-state index is 0.0235. The molecule has 64 heavy (non-hydrogen) atoms. The van der Waals surface area contributed by atoms with Gasteiger partial charge >= 0.3 is 0 Å². The number of rotatable bonds is 16. The summed E-state index contributed by atoms with van der Waals surface area (Å²) in [6.07, 6.45) is 4.47. The fourth-order valence-electron chi connectivity index (χ4n) is 6.60. The molecule has 0 nitrogen and oxygen atoms in total. The van der Waals surface area contributed by atoms with Crippen LogP contribution >= 0.6 is 158 Å². The third kappa shape index (κ3) is 15.8. The standard InChI is InChI=1S/C52H68Br4S8/c1-49(2,3)33-25-37-45(57-21-13-17-53)38(26-33)62-40-28-35(51(7,8)9)30-42(47(40)59-23-15-19-55)64-44-32-36(52(10,11)12)31-43(48(44)60-24-16-20-56)63-41-29-34(50(4,5)6)27-39(61-37)46(41)58-22-14-18-54/h25-32H,13-24H2,1-12H3. The van der Waals surface area contributed by atoms with E-state index in [0.717, 1.165) is 70.0 Å². The van der Waals surface area contributed by atoms with Crippen molar-refractivity contribution in [1.29, 1.82) is 0 Å². The quantitative estimate of drug-likeness (QED) is 0.0538. The van der Waals surface area contributed by atoms with Gasteiger partial charge in [-0.25, -0.2) is 0 Å². The van der Waals surface area contributed by atoms with Crippen LogP contribution in [-0.4, -0.2) is 44.3 Å². The number of halogens is 4. The Morgan fingerprint density at radius 1 is 0.312 bits per heavy atom. The van der Waals surface area contributed by atoms with Crippen molar-refractivity contribution in [3.8, 4) is 0 Å². The van der Waals surface area contributed by atoms with Crippen LogP contribution in [0.1, 0.15) is 131 Å². The summed E-state index contributed by atoms with van der Waals surface area (Å²) in [6, 6.07) is 20.4. The highest BCUT2D eigenvalue weighted by Gasteiger charge is 2.29.